The van der Waals surface area contributed by atoms with E-state index in [9.17, 15) is 9.59 Å². The van der Waals surface area contributed by atoms with Crippen LogP contribution in [0.5, 0.6) is 0 Å². The minimum absolute atomic E-state index is 0.0813. The Kier molecular flexibility index (Phi) is 6.10. The van der Waals surface area contributed by atoms with Gasteiger partial charge in [0.25, 0.3) is 5.91 Å². The molecule has 0 aliphatic heterocycles. The minimum Gasteiger partial charge on any atom is -0.364 e. The van der Waals surface area contributed by atoms with E-state index in [1.54, 1.807) is 18.2 Å². The number of aromatic amines is 1. The molecule has 0 aliphatic rings. The quantitative estimate of drug-likeness (QED) is 0.577. The Bertz CT molecular complexity index is 1240. The van der Waals surface area contributed by atoms with Crippen LogP contribution in [-0.4, -0.2) is 15.9 Å². The fourth-order valence-electron chi connectivity index (χ4n) is 3.82. The molecule has 6 heteroatoms. The SMILES string of the molecule is CCc1ccc(-c2c(C)[nH]c(-c3cc(Cl)c(C(C)(C)C)cc3C)cc2=O)nc1C(N)=O. The Morgan fingerprint density at radius 3 is 2.39 bits per heavy atom. The van der Waals surface area contributed by atoms with Crippen molar-refractivity contribution >= 4 is 17.5 Å². The normalized spacial score (nSPS) is 11.6. The second kappa shape index (κ2) is 8.31. The number of aryl methyl sites for hydroxylation is 3. The van der Waals surface area contributed by atoms with Gasteiger partial charge in [-0.2, -0.15) is 0 Å². The number of carbonyl (C=O) groups excluding carboxylic acids is 1. The molecule has 162 valence electrons. The zero-order chi connectivity index (χ0) is 23.1. The topological polar surface area (TPSA) is 88.8 Å². The Labute approximate surface area is 187 Å². The second-order valence-electron chi connectivity index (χ2n) is 8.87. The van der Waals surface area contributed by atoms with Gasteiger partial charge in [0.2, 0.25) is 0 Å². The summed E-state index contributed by atoms with van der Waals surface area (Å²) in [4.78, 5) is 32.6. The van der Waals surface area contributed by atoms with Gasteiger partial charge in [-0.3, -0.25) is 9.59 Å². The molecule has 2 aromatic heterocycles. The van der Waals surface area contributed by atoms with E-state index in [2.05, 4.69) is 36.8 Å². The lowest BCUT2D eigenvalue weighted by atomic mass is 9.85. The number of hydrogen-bond acceptors (Lipinski definition) is 3. The molecule has 1 amide bonds. The summed E-state index contributed by atoms with van der Waals surface area (Å²) in [5.41, 5.74) is 11.3. The van der Waals surface area contributed by atoms with Crippen LogP contribution in [0.3, 0.4) is 0 Å². The molecule has 0 fully saturated rings. The summed E-state index contributed by atoms with van der Waals surface area (Å²) in [7, 11) is 0. The number of rotatable bonds is 4. The Morgan fingerprint density at radius 2 is 1.84 bits per heavy atom. The van der Waals surface area contributed by atoms with Crippen molar-refractivity contribution in [1.82, 2.24) is 9.97 Å². The molecule has 0 saturated carbocycles. The number of nitrogens with zero attached hydrogens (tertiary/aromatic N) is 1. The van der Waals surface area contributed by atoms with Crippen molar-refractivity contribution in [3.05, 3.63) is 73.7 Å². The maximum atomic E-state index is 13.1. The van der Waals surface area contributed by atoms with Crippen LogP contribution in [0, 0.1) is 13.8 Å². The van der Waals surface area contributed by atoms with Crippen molar-refractivity contribution in [2.45, 2.75) is 53.4 Å². The van der Waals surface area contributed by atoms with Crippen molar-refractivity contribution in [3.63, 3.8) is 0 Å². The first-order valence-electron chi connectivity index (χ1n) is 10.3. The van der Waals surface area contributed by atoms with E-state index >= 15 is 0 Å². The number of H-pyrrole nitrogens is 1. The van der Waals surface area contributed by atoms with Crippen LogP contribution in [0.1, 0.15) is 60.6 Å². The molecule has 0 radical (unpaired) electrons. The molecule has 1 aromatic carbocycles. The second-order valence-corrected chi connectivity index (χ2v) is 9.27. The highest BCUT2D eigenvalue weighted by Crippen LogP contribution is 2.35. The van der Waals surface area contributed by atoms with Crippen LogP contribution in [0.2, 0.25) is 5.02 Å². The van der Waals surface area contributed by atoms with E-state index in [-0.39, 0.29) is 16.5 Å². The highest BCUT2D eigenvalue weighted by molar-refractivity contribution is 6.31. The predicted octanol–water partition coefficient (Wildman–Crippen LogP) is 5.33. The van der Waals surface area contributed by atoms with Gasteiger partial charge in [-0.25, -0.2) is 4.98 Å². The average Bonchev–Trinajstić information content (AvgIpc) is 2.67. The molecular weight excluding hydrogens is 410 g/mol. The van der Waals surface area contributed by atoms with Crippen LogP contribution in [-0.2, 0) is 11.8 Å². The lowest BCUT2D eigenvalue weighted by Crippen LogP contribution is -2.17. The monoisotopic (exact) mass is 437 g/mol. The Hall–Kier alpha value is -2.92. The van der Waals surface area contributed by atoms with Gasteiger partial charge in [0.1, 0.15) is 5.69 Å². The fraction of sp³-hybridized carbons (Fsp3) is 0.320. The first kappa shape index (κ1) is 22.8. The molecule has 0 atom stereocenters. The third-order valence-electron chi connectivity index (χ3n) is 5.48. The number of primary amides is 1. The lowest BCUT2D eigenvalue weighted by molar-refractivity contribution is 0.0994. The molecule has 31 heavy (non-hydrogen) atoms. The Balaban J connectivity index is 2.15. The Morgan fingerprint density at radius 1 is 1.16 bits per heavy atom. The molecule has 0 aliphatic carbocycles. The summed E-state index contributed by atoms with van der Waals surface area (Å²) >= 11 is 6.57. The van der Waals surface area contributed by atoms with Crippen LogP contribution in [0.25, 0.3) is 22.5 Å². The van der Waals surface area contributed by atoms with E-state index in [4.69, 9.17) is 17.3 Å². The standard InChI is InChI=1S/C25H28ClN3O2/c1-7-15-8-9-19(29-23(15)24(27)31)22-14(3)28-20(12-21(22)30)16-11-18(26)17(10-13(16)2)25(4,5)6/h8-12H,7H2,1-6H3,(H2,27,31)(H,28,30). The van der Waals surface area contributed by atoms with Crippen LogP contribution in [0.15, 0.2) is 35.1 Å². The number of nitrogens with two attached hydrogens (primary N) is 1. The number of pyridine rings is 2. The van der Waals surface area contributed by atoms with E-state index in [0.29, 0.717) is 34.1 Å². The number of benzene rings is 1. The summed E-state index contributed by atoms with van der Waals surface area (Å²) in [6.07, 6.45) is 0.629. The van der Waals surface area contributed by atoms with Crippen LogP contribution < -0.4 is 11.2 Å². The van der Waals surface area contributed by atoms with Crippen molar-refractivity contribution in [2.75, 3.05) is 0 Å². The van der Waals surface area contributed by atoms with Crippen molar-refractivity contribution in [3.8, 4) is 22.5 Å². The molecule has 3 aromatic rings. The van der Waals surface area contributed by atoms with E-state index in [1.807, 2.05) is 26.8 Å². The molecule has 0 unspecified atom stereocenters. The third kappa shape index (κ3) is 4.42. The number of nitrogens with one attached hydrogen (secondary N) is 1. The number of hydrogen-bond donors (Lipinski definition) is 2. The van der Waals surface area contributed by atoms with Crippen molar-refractivity contribution in [2.24, 2.45) is 5.73 Å². The van der Waals surface area contributed by atoms with E-state index in [1.165, 1.54) is 0 Å². The molecule has 2 heterocycles. The highest BCUT2D eigenvalue weighted by Gasteiger charge is 2.20. The van der Waals surface area contributed by atoms with Gasteiger partial charge in [-0.05, 0) is 54.5 Å². The van der Waals surface area contributed by atoms with Gasteiger partial charge < -0.3 is 10.7 Å². The highest BCUT2D eigenvalue weighted by atomic mass is 35.5. The molecule has 5 nitrogen and oxygen atoms in total. The zero-order valence-corrected chi connectivity index (χ0v) is 19.6. The maximum absolute atomic E-state index is 13.1. The van der Waals surface area contributed by atoms with E-state index < -0.39 is 5.91 Å². The fourth-order valence-corrected chi connectivity index (χ4v) is 4.27. The first-order valence-corrected chi connectivity index (χ1v) is 10.7. The largest absolute Gasteiger partial charge is 0.364 e. The van der Waals surface area contributed by atoms with Gasteiger partial charge >= 0.3 is 0 Å². The van der Waals surface area contributed by atoms with Crippen molar-refractivity contribution in [1.29, 1.82) is 0 Å². The van der Waals surface area contributed by atoms with Gasteiger partial charge in [-0.15, -0.1) is 0 Å². The molecule has 3 N–H and O–H groups in total. The third-order valence-corrected chi connectivity index (χ3v) is 5.79. The summed E-state index contributed by atoms with van der Waals surface area (Å²) in [5.74, 6) is -0.603. The molecule has 0 spiro atoms. The smallest absolute Gasteiger partial charge is 0.267 e. The zero-order valence-electron chi connectivity index (χ0n) is 18.8. The number of halogens is 1. The van der Waals surface area contributed by atoms with Gasteiger partial charge in [0.15, 0.2) is 5.43 Å². The molecular formula is C25H28ClN3O2. The van der Waals surface area contributed by atoms with Gasteiger partial charge in [0.05, 0.1) is 11.3 Å². The maximum Gasteiger partial charge on any atom is 0.267 e. The molecule has 0 saturated heterocycles. The number of carbonyl (C=O) groups is 1. The van der Waals surface area contributed by atoms with Crippen LogP contribution >= 0.6 is 11.6 Å². The van der Waals surface area contributed by atoms with Crippen LogP contribution in [0.4, 0.5) is 0 Å². The number of amides is 1. The number of aromatic nitrogens is 2. The minimum atomic E-state index is -0.603. The average molecular weight is 438 g/mol. The summed E-state index contributed by atoms with van der Waals surface area (Å²) < 4.78 is 0. The summed E-state index contributed by atoms with van der Waals surface area (Å²) in [6, 6.07) is 9.08. The lowest BCUT2D eigenvalue weighted by Gasteiger charge is -2.22. The van der Waals surface area contributed by atoms with Gasteiger partial charge in [-0.1, -0.05) is 51.4 Å². The molecule has 3 rings (SSSR count). The van der Waals surface area contributed by atoms with E-state index in [0.717, 1.165) is 22.3 Å². The van der Waals surface area contributed by atoms with Crippen molar-refractivity contribution < 1.29 is 4.79 Å². The summed E-state index contributed by atoms with van der Waals surface area (Å²) in [6.45, 7) is 12.1. The molecule has 0 bridgehead atoms. The summed E-state index contributed by atoms with van der Waals surface area (Å²) in [5, 5.41) is 0.665. The van der Waals surface area contributed by atoms with Gasteiger partial charge in [0, 0.05) is 28.0 Å². The predicted molar refractivity (Wildman–Crippen MR) is 127 cm³/mol. The first-order chi connectivity index (χ1) is 14.4.